The van der Waals surface area contributed by atoms with E-state index in [0.29, 0.717) is 37.0 Å². The van der Waals surface area contributed by atoms with Crippen molar-refractivity contribution in [2.75, 3.05) is 31.1 Å². The third kappa shape index (κ3) is 6.02. The lowest BCUT2D eigenvalue weighted by molar-refractivity contribution is -0.258. The summed E-state index contributed by atoms with van der Waals surface area (Å²) in [5.41, 5.74) is -1.70. The second kappa shape index (κ2) is 11.3. The largest absolute Gasteiger partial charge is 0.421 e. The first-order chi connectivity index (χ1) is 17.9. The number of nitrogens with zero attached hydrogens (tertiary/aromatic N) is 2. The summed E-state index contributed by atoms with van der Waals surface area (Å²) >= 11 is 5.31. The number of halogens is 3. The second-order valence-electron chi connectivity index (χ2n) is 9.41. The third-order valence-corrected chi connectivity index (χ3v) is 9.23. The molecule has 38 heavy (non-hydrogen) atoms. The number of benzene rings is 2. The summed E-state index contributed by atoms with van der Waals surface area (Å²) in [5, 5.41) is 10.0. The molecule has 1 heterocycles. The fourth-order valence-corrected chi connectivity index (χ4v) is 6.52. The van der Waals surface area contributed by atoms with Crippen LogP contribution in [0.1, 0.15) is 24.5 Å². The molecule has 1 N–H and O–H groups in total. The number of aliphatic hydroxyl groups is 1. The van der Waals surface area contributed by atoms with Gasteiger partial charge in [-0.2, -0.15) is 17.5 Å². The van der Waals surface area contributed by atoms with Gasteiger partial charge in [0.25, 0.3) is 0 Å². The summed E-state index contributed by atoms with van der Waals surface area (Å²) in [4.78, 5) is 2.40. The van der Waals surface area contributed by atoms with Gasteiger partial charge in [-0.05, 0) is 36.3 Å². The lowest BCUT2D eigenvalue weighted by Crippen LogP contribution is -2.57. The fourth-order valence-electron chi connectivity index (χ4n) is 4.45. The minimum absolute atomic E-state index is 0.114. The first-order valence-corrected chi connectivity index (χ1v) is 13.9. The molecule has 0 saturated carbocycles. The Balaban J connectivity index is 1.56. The number of sulfonamides is 1. The highest BCUT2D eigenvalue weighted by Gasteiger charge is 2.51. The summed E-state index contributed by atoms with van der Waals surface area (Å²) in [5.74, 6) is 0. The van der Waals surface area contributed by atoms with Crippen molar-refractivity contribution in [1.82, 2.24) is 4.31 Å². The zero-order valence-electron chi connectivity index (χ0n) is 20.8. The van der Waals surface area contributed by atoms with E-state index in [1.807, 2.05) is 35.2 Å². The Morgan fingerprint density at radius 2 is 1.76 bits per heavy atom. The molecule has 1 aliphatic heterocycles. The molecule has 1 aliphatic carbocycles. The SMILES string of the molecule is C[C@](O)(c1ccc(N2CCN(S(=O)(=O)C3=CC=CCC3=S)C[C@H]2COCc2ccccc2)cc1)C(F)(F)F. The molecule has 2 aliphatic rings. The van der Waals surface area contributed by atoms with Crippen LogP contribution < -0.4 is 4.90 Å². The number of anilines is 1. The van der Waals surface area contributed by atoms with E-state index in [2.05, 4.69) is 0 Å². The van der Waals surface area contributed by atoms with Gasteiger partial charge in [0.15, 0.2) is 5.60 Å². The Hall–Kier alpha value is -2.57. The molecule has 0 unspecified atom stereocenters. The highest BCUT2D eigenvalue weighted by Crippen LogP contribution is 2.39. The van der Waals surface area contributed by atoms with Gasteiger partial charge in [-0.15, -0.1) is 0 Å². The average Bonchev–Trinajstić information content (AvgIpc) is 2.89. The number of thiocarbonyl (C=S) groups is 1. The molecule has 0 radical (unpaired) electrons. The van der Waals surface area contributed by atoms with Crippen LogP contribution in [0.25, 0.3) is 0 Å². The highest BCUT2D eigenvalue weighted by molar-refractivity contribution is 7.96. The molecule has 2 aromatic rings. The minimum Gasteiger partial charge on any atom is -0.376 e. The Bertz CT molecular complexity index is 1310. The van der Waals surface area contributed by atoms with Crippen molar-refractivity contribution in [2.24, 2.45) is 0 Å². The Kier molecular flexibility index (Phi) is 8.43. The van der Waals surface area contributed by atoms with Crippen LogP contribution in [0.2, 0.25) is 0 Å². The van der Waals surface area contributed by atoms with Gasteiger partial charge >= 0.3 is 6.18 Å². The summed E-state index contributed by atoms with van der Waals surface area (Å²) in [6.07, 6.45) is 0.555. The summed E-state index contributed by atoms with van der Waals surface area (Å²) in [7, 11) is -3.83. The molecule has 2 atom stereocenters. The van der Waals surface area contributed by atoms with Gasteiger partial charge in [-0.25, -0.2) is 8.42 Å². The molecule has 0 spiro atoms. The number of alkyl halides is 3. The van der Waals surface area contributed by atoms with E-state index in [4.69, 9.17) is 17.0 Å². The van der Waals surface area contributed by atoms with Crippen LogP contribution in [0.5, 0.6) is 0 Å². The standard InChI is InChI=1S/C27H29F3N2O4S2/c1-26(33,27(28,29)30)21-11-13-22(14-12-21)32-16-15-31(38(34,35)25-10-6-5-9-24(25)37)17-23(32)19-36-18-20-7-3-2-4-8-20/h2-8,10-14,23,33H,9,15-19H2,1H3/t23-,26-/m0/s1. The van der Waals surface area contributed by atoms with Crippen molar-refractivity contribution in [3.63, 3.8) is 0 Å². The molecule has 1 fully saturated rings. The van der Waals surface area contributed by atoms with Crippen molar-refractivity contribution in [2.45, 2.75) is 37.8 Å². The first-order valence-electron chi connectivity index (χ1n) is 12.1. The quantitative estimate of drug-likeness (QED) is 0.467. The summed E-state index contributed by atoms with van der Waals surface area (Å²) in [6.45, 7) is 1.80. The molecule has 4 rings (SSSR count). The number of hydrogen-bond acceptors (Lipinski definition) is 6. The first kappa shape index (κ1) is 28.4. The minimum atomic E-state index is -4.83. The van der Waals surface area contributed by atoms with Gasteiger partial charge in [0.2, 0.25) is 10.0 Å². The molecular weight excluding hydrogens is 537 g/mol. The smallest absolute Gasteiger partial charge is 0.376 e. The van der Waals surface area contributed by atoms with Gasteiger partial charge in [-0.1, -0.05) is 66.8 Å². The number of allylic oxidation sites excluding steroid dienone is 4. The number of hydrogen-bond donors (Lipinski definition) is 1. The van der Waals surface area contributed by atoms with Gasteiger partial charge in [0.05, 0.1) is 24.2 Å². The van der Waals surface area contributed by atoms with Crippen LogP contribution in [-0.2, 0) is 27.0 Å². The van der Waals surface area contributed by atoms with Crippen molar-refractivity contribution in [3.05, 3.63) is 88.9 Å². The predicted molar refractivity (Wildman–Crippen MR) is 144 cm³/mol. The van der Waals surface area contributed by atoms with E-state index < -0.39 is 27.8 Å². The number of piperazine rings is 1. The van der Waals surface area contributed by atoms with Gasteiger partial charge in [-0.3, -0.25) is 0 Å². The normalized spacial score (nSPS) is 20.8. The molecule has 2 aromatic carbocycles. The number of rotatable bonds is 8. The van der Waals surface area contributed by atoms with Crippen molar-refractivity contribution < 1.29 is 31.4 Å². The molecule has 11 heteroatoms. The van der Waals surface area contributed by atoms with Crippen LogP contribution in [0, 0.1) is 0 Å². The monoisotopic (exact) mass is 566 g/mol. The number of ether oxygens (including phenoxy) is 1. The van der Waals surface area contributed by atoms with E-state index in [9.17, 15) is 26.7 Å². The fraction of sp³-hybridized carbons (Fsp3) is 0.370. The van der Waals surface area contributed by atoms with Crippen LogP contribution in [0.4, 0.5) is 18.9 Å². The predicted octanol–water partition coefficient (Wildman–Crippen LogP) is 4.71. The molecule has 0 aromatic heterocycles. The maximum atomic E-state index is 13.4. The van der Waals surface area contributed by atoms with Crippen molar-refractivity contribution >= 4 is 32.8 Å². The summed E-state index contributed by atoms with van der Waals surface area (Å²) in [6, 6.07) is 14.6. The van der Waals surface area contributed by atoms with Crippen molar-refractivity contribution in [1.29, 1.82) is 0 Å². The molecule has 6 nitrogen and oxygen atoms in total. The lowest BCUT2D eigenvalue weighted by Gasteiger charge is -2.42. The van der Waals surface area contributed by atoms with Crippen LogP contribution in [-0.4, -0.2) is 61.2 Å². The topological polar surface area (TPSA) is 70.1 Å². The van der Waals surface area contributed by atoms with E-state index in [1.54, 1.807) is 12.2 Å². The second-order valence-corrected chi connectivity index (χ2v) is 11.8. The van der Waals surface area contributed by atoms with Crippen LogP contribution in [0.15, 0.2) is 77.7 Å². The molecule has 1 saturated heterocycles. The molecule has 0 amide bonds. The molecule has 204 valence electrons. The maximum absolute atomic E-state index is 13.4. The maximum Gasteiger partial charge on any atom is 0.421 e. The third-order valence-electron chi connectivity index (χ3n) is 6.76. The summed E-state index contributed by atoms with van der Waals surface area (Å²) < 4.78 is 74.1. The average molecular weight is 567 g/mol. The Labute approximate surface area is 226 Å². The zero-order valence-corrected chi connectivity index (χ0v) is 22.4. The van der Waals surface area contributed by atoms with Crippen molar-refractivity contribution in [3.8, 4) is 0 Å². The van der Waals surface area contributed by atoms with Gasteiger partial charge in [0.1, 0.15) is 0 Å². The van der Waals surface area contributed by atoms with E-state index in [-0.39, 0.29) is 30.2 Å². The highest BCUT2D eigenvalue weighted by atomic mass is 32.2. The molecule has 0 bridgehead atoms. The Morgan fingerprint density at radius 1 is 1.08 bits per heavy atom. The lowest BCUT2D eigenvalue weighted by atomic mass is 9.95. The van der Waals surface area contributed by atoms with E-state index >= 15 is 0 Å². The zero-order chi connectivity index (χ0) is 27.6. The van der Waals surface area contributed by atoms with Gasteiger partial charge < -0.3 is 14.7 Å². The molecular formula is C27H29F3N2O4S2. The van der Waals surface area contributed by atoms with Crippen LogP contribution in [0.3, 0.4) is 0 Å². The van der Waals surface area contributed by atoms with Gasteiger partial charge in [0, 0.05) is 36.6 Å². The van der Waals surface area contributed by atoms with E-state index in [1.165, 1.54) is 34.6 Å². The van der Waals surface area contributed by atoms with E-state index in [0.717, 1.165) is 5.56 Å². The van der Waals surface area contributed by atoms with Crippen LogP contribution >= 0.6 is 12.2 Å². The Morgan fingerprint density at radius 3 is 2.39 bits per heavy atom.